The lowest BCUT2D eigenvalue weighted by Gasteiger charge is -2.37. The van der Waals surface area contributed by atoms with E-state index in [0.717, 1.165) is 118 Å². The van der Waals surface area contributed by atoms with Crippen LogP contribution in [0.15, 0.2) is 85.2 Å². The van der Waals surface area contributed by atoms with Crippen LogP contribution in [0.2, 0.25) is 0 Å². The normalized spacial score (nSPS) is 21.7. The SMILES string of the molecule is [C-]#[N+]c1cn2[nH]c(-c3ccc(N4CCCC4)c(NS(=O)Oc4cc(C)ccc4OC(C)C(=O)OCC)c3)nc2c1C(=O)OC1C(C)CC(C)CC1C.[C-]#[N+]c1cn2[nH]c(-c3ccc(N4CCCCC4)c(NS(=O)Oc4cc(C)ccc4CC)c3)nc2c1C(=O)OC1C(C)CC(C)CC1C. The number of H-pyrrole nitrogens is 2. The number of piperidine rings is 1. The van der Waals surface area contributed by atoms with Crippen molar-refractivity contribution >= 4 is 85.9 Å². The van der Waals surface area contributed by atoms with E-state index >= 15 is 0 Å². The predicted octanol–water partition coefficient (Wildman–Crippen LogP) is 15.5. The molecular formula is C74H90N12O11S2. The molecule has 4 aliphatic rings. The van der Waals surface area contributed by atoms with Gasteiger partial charge in [-0.3, -0.25) is 28.7 Å². The highest BCUT2D eigenvalue weighted by atomic mass is 32.2. The number of carbonyl (C=O) groups excluding carboxylic acids is 3. The topological polar surface area (TPSA) is 246 Å². The number of nitrogens with zero attached hydrogens (tertiary/aromatic N) is 8. The molecule has 0 radical (unpaired) electrons. The summed E-state index contributed by atoms with van der Waals surface area (Å²) < 4.78 is 71.2. The van der Waals surface area contributed by atoms with Gasteiger partial charge < -0.3 is 37.1 Å². The molecule has 4 aromatic heterocycles. The maximum atomic E-state index is 13.6. The van der Waals surface area contributed by atoms with Crippen molar-refractivity contribution in [3.63, 3.8) is 0 Å². The summed E-state index contributed by atoms with van der Waals surface area (Å²) in [5.41, 5.74) is 8.52. The number of esters is 3. The van der Waals surface area contributed by atoms with E-state index in [1.54, 1.807) is 53.5 Å². The zero-order valence-corrected chi connectivity index (χ0v) is 59.9. The predicted molar refractivity (Wildman–Crippen MR) is 385 cm³/mol. The highest BCUT2D eigenvalue weighted by molar-refractivity contribution is 7.82. The van der Waals surface area contributed by atoms with Crippen molar-refractivity contribution in [2.45, 2.75) is 159 Å². The molecule has 0 spiro atoms. The van der Waals surface area contributed by atoms with Crippen molar-refractivity contribution in [3.8, 4) is 40.0 Å². The molecule has 524 valence electrons. The third kappa shape index (κ3) is 16.2. The number of aromatic nitrogens is 6. The number of nitrogens with one attached hydrogen (secondary N) is 4. The Labute approximate surface area is 584 Å². The molecule has 25 heteroatoms. The number of hydrogen-bond acceptors (Lipinski definition) is 15. The maximum absolute atomic E-state index is 13.6. The molecule has 0 bridgehead atoms. The summed E-state index contributed by atoms with van der Waals surface area (Å²) in [5, 5.41) is 6.44. The summed E-state index contributed by atoms with van der Waals surface area (Å²) in [5.74, 6) is 2.43. The molecule has 23 nitrogen and oxygen atoms in total. The second-order valence-corrected chi connectivity index (χ2v) is 29.0. The average molecular weight is 1390 g/mol. The van der Waals surface area contributed by atoms with Gasteiger partial charge in [0.05, 0.1) is 42.5 Å². The Bertz CT molecular complexity index is 4370. The summed E-state index contributed by atoms with van der Waals surface area (Å²) in [7, 11) is 0. The Kier molecular flexibility index (Phi) is 22.4. The van der Waals surface area contributed by atoms with Gasteiger partial charge in [-0.25, -0.2) is 34.0 Å². The van der Waals surface area contributed by atoms with Gasteiger partial charge in [-0.15, -0.1) is 0 Å². The molecule has 12 rings (SSSR count). The molecule has 2 aliphatic carbocycles. The summed E-state index contributed by atoms with van der Waals surface area (Å²) in [6.07, 6.45) is 11.9. The molecule has 7 unspecified atom stereocenters. The van der Waals surface area contributed by atoms with E-state index in [0.29, 0.717) is 57.5 Å². The van der Waals surface area contributed by atoms with Crippen molar-refractivity contribution in [2.24, 2.45) is 35.5 Å². The molecule has 0 amide bonds. The van der Waals surface area contributed by atoms with Crippen LogP contribution in [-0.2, 0) is 48.0 Å². The fraction of sp³-hybridized carbons (Fsp3) is 0.473. The molecule has 4 N–H and O–H groups in total. The van der Waals surface area contributed by atoms with Gasteiger partial charge in [0.1, 0.15) is 29.1 Å². The van der Waals surface area contributed by atoms with Gasteiger partial charge in [-0.2, -0.15) is 8.42 Å². The number of fused-ring (bicyclic) bond motifs is 2. The summed E-state index contributed by atoms with van der Waals surface area (Å²) in [4.78, 5) is 60.8. The Morgan fingerprint density at radius 3 is 1.47 bits per heavy atom. The van der Waals surface area contributed by atoms with Crippen LogP contribution in [0.1, 0.15) is 158 Å². The highest BCUT2D eigenvalue weighted by Crippen LogP contribution is 2.42. The van der Waals surface area contributed by atoms with E-state index in [-0.39, 0.29) is 76.5 Å². The molecule has 2 saturated carbocycles. The van der Waals surface area contributed by atoms with Crippen molar-refractivity contribution in [2.75, 3.05) is 52.0 Å². The maximum Gasteiger partial charge on any atom is 0.347 e. The summed E-state index contributed by atoms with van der Waals surface area (Å²) in [6, 6.07) is 22.6. The van der Waals surface area contributed by atoms with Crippen molar-refractivity contribution < 1.29 is 50.1 Å². The van der Waals surface area contributed by atoms with Gasteiger partial charge >= 0.3 is 40.4 Å². The Hall–Kier alpha value is -9.33. The van der Waals surface area contributed by atoms with E-state index in [1.807, 2.05) is 75.4 Å². The fourth-order valence-corrected chi connectivity index (χ4v) is 16.1. The molecule has 6 heterocycles. The quantitative estimate of drug-likeness (QED) is 0.0297. The first-order valence-electron chi connectivity index (χ1n) is 34.5. The van der Waals surface area contributed by atoms with Crippen LogP contribution in [0.3, 0.4) is 0 Å². The Morgan fingerprint density at radius 2 is 1.03 bits per heavy atom. The number of benzene rings is 4. The lowest BCUT2D eigenvalue weighted by Crippen LogP contribution is -2.37. The number of rotatable bonds is 21. The third-order valence-electron chi connectivity index (χ3n) is 19.3. The molecule has 7 atom stereocenters. The first-order chi connectivity index (χ1) is 47.6. The van der Waals surface area contributed by atoms with Crippen molar-refractivity contribution in [3.05, 3.63) is 136 Å². The second kappa shape index (κ2) is 31.3. The van der Waals surface area contributed by atoms with Gasteiger partial charge in [-0.05, 0) is 199 Å². The van der Waals surface area contributed by atoms with Crippen molar-refractivity contribution in [1.82, 2.24) is 29.2 Å². The lowest BCUT2D eigenvalue weighted by molar-refractivity contribution is -0.150. The zero-order chi connectivity index (χ0) is 70.3. The minimum Gasteiger partial charge on any atom is -0.475 e. The van der Waals surface area contributed by atoms with E-state index < -0.39 is 46.5 Å². The first-order valence-corrected chi connectivity index (χ1v) is 36.7. The van der Waals surface area contributed by atoms with Crippen LogP contribution in [0.25, 0.3) is 43.8 Å². The van der Waals surface area contributed by atoms with Gasteiger partial charge in [0.15, 0.2) is 40.5 Å². The molecule has 99 heavy (non-hydrogen) atoms. The molecule has 8 aromatic rings. The van der Waals surface area contributed by atoms with Crippen LogP contribution in [0, 0.1) is 62.5 Å². The van der Waals surface area contributed by atoms with Crippen LogP contribution < -0.4 is 32.3 Å². The van der Waals surface area contributed by atoms with Gasteiger partial charge in [-0.1, -0.05) is 66.7 Å². The number of aryl methyl sites for hydroxylation is 3. The number of aromatic amines is 2. The lowest BCUT2D eigenvalue weighted by atomic mass is 9.75. The molecule has 4 aromatic carbocycles. The van der Waals surface area contributed by atoms with Crippen molar-refractivity contribution in [1.29, 1.82) is 0 Å². The van der Waals surface area contributed by atoms with E-state index in [2.05, 4.69) is 80.7 Å². The van der Waals surface area contributed by atoms with E-state index in [1.165, 1.54) is 6.42 Å². The standard InChI is InChI=1S/C38H46N6O7S.C36H44N6O4S/c1-8-48-37(45)26(6)49-31-14-11-22(2)19-32(31)51-52(47)42-28-20-27(12-13-30(28)43-15-9-10-16-43)35-40-36-33(29(39-7)21-44(36)41-35)38(46)50-34-24(4)17-23(3)18-25(34)5;1-7-26-12-11-22(2)19-31(26)46-47(44)40-28-20-27(13-14-30(28)41-15-9-8-10-16-41)34-38-35-32(29(37-6)21-42(35)39-34)36(43)45-33-24(4)17-23(3)18-25(33)5/h11-14,19-21,23-26,34,42H,8-10,15-18H2,1-6H3,(H,40,41);11-14,19-21,23-25,33,40H,7-10,15-18H2,1-5H3,(H,38,39). The number of ether oxygens (including phenoxy) is 4. The summed E-state index contributed by atoms with van der Waals surface area (Å²) in [6.45, 7) is 41.3. The number of carbonyl (C=O) groups is 3. The third-order valence-corrected chi connectivity index (χ3v) is 20.7. The van der Waals surface area contributed by atoms with Crippen LogP contribution >= 0.6 is 0 Å². The minimum atomic E-state index is -2.08. The van der Waals surface area contributed by atoms with Crippen LogP contribution in [-0.4, -0.2) is 107 Å². The van der Waals surface area contributed by atoms with Gasteiger partial charge in [0, 0.05) is 49.7 Å². The smallest absolute Gasteiger partial charge is 0.347 e. The highest BCUT2D eigenvalue weighted by Gasteiger charge is 2.38. The van der Waals surface area contributed by atoms with Gasteiger partial charge in [0.25, 0.3) is 0 Å². The monoisotopic (exact) mass is 1390 g/mol. The molecule has 4 fully saturated rings. The number of hydrogen-bond donors (Lipinski definition) is 4. The Balaban J connectivity index is 0.000000201. The first kappa shape index (κ1) is 71.0. The summed E-state index contributed by atoms with van der Waals surface area (Å²) >= 11 is -3.94. The second-order valence-electron chi connectivity index (χ2n) is 27.3. The molecule has 2 aliphatic heterocycles. The van der Waals surface area contributed by atoms with E-state index in [9.17, 15) is 22.8 Å². The van der Waals surface area contributed by atoms with Crippen LogP contribution in [0.5, 0.6) is 17.2 Å². The largest absolute Gasteiger partial charge is 0.475 e. The zero-order valence-electron chi connectivity index (χ0n) is 58.3. The average Bonchev–Trinajstić information content (AvgIpc) is 1.62. The molecular weight excluding hydrogens is 1300 g/mol. The number of anilines is 4. The fourth-order valence-electron chi connectivity index (χ4n) is 14.8. The van der Waals surface area contributed by atoms with E-state index in [4.69, 9.17) is 50.4 Å². The Morgan fingerprint density at radius 1 is 0.596 bits per heavy atom. The van der Waals surface area contributed by atoms with Crippen LogP contribution in [0.4, 0.5) is 34.1 Å². The minimum absolute atomic E-state index is 0.130. The molecule has 2 saturated heterocycles. The van der Waals surface area contributed by atoms with Gasteiger partial charge in [0.2, 0.25) is 11.4 Å².